The van der Waals surface area contributed by atoms with Gasteiger partial charge >= 0.3 is 0 Å². The van der Waals surface area contributed by atoms with Gasteiger partial charge in [-0.1, -0.05) is 37.3 Å². The standard InChI is InChI=1S/C22H26N2OS/c1-15-7-6-9-18-19(17-8-4-5-10-20(17)26-3)13-21(23-22(15)18)24-11-12-25-14-16(24)2/h4-6,8-10,13,15-16H,7,11-12,14H2,1-3H3. The van der Waals surface area contributed by atoms with E-state index < -0.39 is 0 Å². The van der Waals surface area contributed by atoms with Crippen molar-refractivity contribution in [2.75, 3.05) is 30.9 Å². The van der Waals surface area contributed by atoms with Crippen LogP contribution in [0.2, 0.25) is 0 Å². The zero-order valence-electron chi connectivity index (χ0n) is 15.7. The van der Waals surface area contributed by atoms with Crippen molar-refractivity contribution in [2.24, 2.45) is 0 Å². The number of rotatable bonds is 3. The molecule has 1 aliphatic heterocycles. The lowest BCUT2D eigenvalue weighted by Gasteiger charge is -2.35. The number of thioether (sulfide) groups is 1. The third kappa shape index (κ3) is 3.17. The highest BCUT2D eigenvalue weighted by Crippen LogP contribution is 2.40. The third-order valence-electron chi connectivity index (χ3n) is 5.37. The van der Waals surface area contributed by atoms with Gasteiger partial charge in [-0.05, 0) is 42.9 Å². The van der Waals surface area contributed by atoms with Crippen molar-refractivity contribution in [2.45, 2.75) is 37.1 Å². The fraction of sp³-hybridized carbons (Fsp3) is 0.409. The maximum Gasteiger partial charge on any atom is 0.129 e. The van der Waals surface area contributed by atoms with Crippen molar-refractivity contribution in [3.05, 3.63) is 47.7 Å². The summed E-state index contributed by atoms with van der Waals surface area (Å²) in [5.41, 5.74) is 5.13. The molecule has 2 aromatic rings. The number of morpholine rings is 1. The molecule has 4 rings (SSSR count). The van der Waals surface area contributed by atoms with Crippen LogP contribution in [-0.2, 0) is 4.74 Å². The normalized spacial score (nSPS) is 22.3. The summed E-state index contributed by atoms with van der Waals surface area (Å²) in [4.78, 5) is 8.84. The molecule has 1 aromatic carbocycles. The summed E-state index contributed by atoms with van der Waals surface area (Å²) in [7, 11) is 0. The van der Waals surface area contributed by atoms with Crippen LogP contribution in [0.4, 0.5) is 5.82 Å². The van der Waals surface area contributed by atoms with E-state index in [2.05, 4.69) is 67.5 Å². The second-order valence-corrected chi connectivity index (χ2v) is 8.03. The minimum Gasteiger partial charge on any atom is -0.377 e. The Morgan fingerprint density at radius 3 is 2.85 bits per heavy atom. The number of aromatic nitrogens is 1. The van der Waals surface area contributed by atoms with E-state index in [4.69, 9.17) is 9.72 Å². The van der Waals surface area contributed by atoms with Crippen molar-refractivity contribution in [3.63, 3.8) is 0 Å². The Morgan fingerprint density at radius 2 is 2.04 bits per heavy atom. The molecule has 2 aliphatic rings. The molecule has 1 saturated heterocycles. The second-order valence-electron chi connectivity index (χ2n) is 7.18. The van der Waals surface area contributed by atoms with Gasteiger partial charge in [0.25, 0.3) is 0 Å². The van der Waals surface area contributed by atoms with E-state index in [1.165, 1.54) is 27.3 Å². The smallest absolute Gasteiger partial charge is 0.129 e. The van der Waals surface area contributed by atoms with E-state index in [1.54, 1.807) is 11.8 Å². The number of benzene rings is 1. The molecule has 2 heterocycles. The van der Waals surface area contributed by atoms with E-state index >= 15 is 0 Å². The topological polar surface area (TPSA) is 25.4 Å². The van der Waals surface area contributed by atoms with Crippen molar-refractivity contribution in [1.82, 2.24) is 4.98 Å². The van der Waals surface area contributed by atoms with Crippen molar-refractivity contribution in [1.29, 1.82) is 0 Å². The maximum absolute atomic E-state index is 5.63. The number of ether oxygens (including phenoxy) is 1. The Labute approximate surface area is 160 Å². The molecule has 1 fully saturated rings. The molecule has 1 aliphatic carbocycles. The molecule has 0 bridgehead atoms. The molecule has 26 heavy (non-hydrogen) atoms. The Kier molecular flexibility index (Phi) is 5.05. The summed E-state index contributed by atoms with van der Waals surface area (Å²) in [6.07, 6.45) is 7.76. The van der Waals surface area contributed by atoms with Crippen LogP contribution in [0, 0.1) is 0 Å². The molecular weight excluding hydrogens is 340 g/mol. The van der Waals surface area contributed by atoms with Crippen LogP contribution in [-0.4, -0.2) is 37.0 Å². The van der Waals surface area contributed by atoms with E-state index in [1.807, 2.05) is 0 Å². The fourth-order valence-corrected chi connectivity index (χ4v) is 4.53. The molecule has 4 heteroatoms. The number of fused-ring (bicyclic) bond motifs is 1. The molecule has 2 atom stereocenters. The lowest BCUT2D eigenvalue weighted by molar-refractivity contribution is 0.0985. The highest BCUT2D eigenvalue weighted by Gasteiger charge is 2.25. The first kappa shape index (κ1) is 17.6. The number of allylic oxidation sites excluding steroid dienone is 1. The van der Waals surface area contributed by atoms with Gasteiger partial charge < -0.3 is 9.64 Å². The average Bonchev–Trinajstić information content (AvgIpc) is 2.68. The summed E-state index contributed by atoms with van der Waals surface area (Å²) in [5, 5.41) is 0. The number of hydrogen-bond acceptors (Lipinski definition) is 4. The first-order valence-corrected chi connectivity index (χ1v) is 10.6. The molecule has 136 valence electrons. The van der Waals surface area contributed by atoms with E-state index in [-0.39, 0.29) is 0 Å². The van der Waals surface area contributed by atoms with E-state index in [9.17, 15) is 0 Å². The first-order chi connectivity index (χ1) is 12.7. The fourth-order valence-electron chi connectivity index (χ4n) is 3.92. The van der Waals surface area contributed by atoms with Gasteiger partial charge in [0.05, 0.1) is 24.9 Å². The average molecular weight is 367 g/mol. The minimum atomic E-state index is 0.354. The molecule has 0 N–H and O–H groups in total. The number of anilines is 1. The predicted octanol–water partition coefficient (Wildman–Crippen LogP) is 5.22. The summed E-state index contributed by atoms with van der Waals surface area (Å²) >= 11 is 1.81. The summed E-state index contributed by atoms with van der Waals surface area (Å²) in [5.74, 6) is 1.54. The zero-order valence-corrected chi connectivity index (χ0v) is 16.6. The van der Waals surface area contributed by atoms with Crippen LogP contribution in [0.25, 0.3) is 17.2 Å². The Morgan fingerprint density at radius 1 is 1.19 bits per heavy atom. The van der Waals surface area contributed by atoms with Crippen molar-refractivity contribution < 1.29 is 4.74 Å². The SMILES string of the molecule is CSc1ccccc1-c1cc(N2CCOCC2C)nc2c1C=CCC2C. The molecule has 0 radical (unpaired) electrons. The Bertz CT molecular complexity index is 833. The molecule has 0 saturated carbocycles. The lowest BCUT2D eigenvalue weighted by Crippen LogP contribution is -2.44. The lowest BCUT2D eigenvalue weighted by atomic mass is 9.88. The highest BCUT2D eigenvalue weighted by atomic mass is 32.2. The van der Waals surface area contributed by atoms with Gasteiger partial charge in [-0.25, -0.2) is 4.98 Å². The van der Waals surface area contributed by atoms with Crippen LogP contribution >= 0.6 is 11.8 Å². The number of nitrogens with zero attached hydrogens (tertiary/aromatic N) is 2. The molecule has 2 unspecified atom stereocenters. The molecular formula is C22H26N2OS. The van der Waals surface area contributed by atoms with Gasteiger partial charge in [0.1, 0.15) is 5.82 Å². The minimum absolute atomic E-state index is 0.354. The number of hydrogen-bond donors (Lipinski definition) is 0. The molecule has 3 nitrogen and oxygen atoms in total. The van der Waals surface area contributed by atoms with Gasteiger partial charge in [-0.3, -0.25) is 0 Å². The molecule has 0 amide bonds. The van der Waals surface area contributed by atoms with Crippen LogP contribution < -0.4 is 4.90 Å². The van der Waals surface area contributed by atoms with E-state index in [0.717, 1.165) is 32.0 Å². The second kappa shape index (κ2) is 7.45. The Balaban J connectivity index is 1.91. The van der Waals surface area contributed by atoms with Gasteiger partial charge in [-0.2, -0.15) is 0 Å². The van der Waals surface area contributed by atoms with Crippen molar-refractivity contribution >= 4 is 23.7 Å². The molecule has 0 spiro atoms. The summed E-state index contributed by atoms with van der Waals surface area (Å²) in [6, 6.07) is 11.3. The van der Waals surface area contributed by atoms with Crippen LogP contribution in [0.3, 0.4) is 0 Å². The van der Waals surface area contributed by atoms with Crippen LogP contribution in [0.1, 0.15) is 37.4 Å². The largest absolute Gasteiger partial charge is 0.377 e. The predicted molar refractivity (Wildman–Crippen MR) is 111 cm³/mol. The van der Waals surface area contributed by atoms with E-state index in [0.29, 0.717) is 12.0 Å². The summed E-state index contributed by atoms with van der Waals surface area (Å²) < 4.78 is 5.63. The molecule has 1 aromatic heterocycles. The zero-order chi connectivity index (χ0) is 18.1. The third-order valence-corrected chi connectivity index (χ3v) is 6.17. The first-order valence-electron chi connectivity index (χ1n) is 9.38. The van der Waals surface area contributed by atoms with Crippen LogP contribution in [0.5, 0.6) is 0 Å². The monoisotopic (exact) mass is 366 g/mol. The highest BCUT2D eigenvalue weighted by molar-refractivity contribution is 7.98. The summed E-state index contributed by atoms with van der Waals surface area (Å²) in [6.45, 7) is 6.95. The Hall–Kier alpha value is -1.78. The quantitative estimate of drug-likeness (QED) is 0.696. The number of pyridine rings is 1. The van der Waals surface area contributed by atoms with Gasteiger partial charge in [0, 0.05) is 22.9 Å². The van der Waals surface area contributed by atoms with Gasteiger partial charge in [0.15, 0.2) is 0 Å². The van der Waals surface area contributed by atoms with Gasteiger partial charge in [-0.15, -0.1) is 11.8 Å². The van der Waals surface area contributed by atoms with Crippen LogP contribution in [0.15, 0.2) is 41.3 Å². The van der Waals surface area contributed by atoms with Gasteiger partial charge in [0.2, 0.25) is 0 Å². The van der Waals surface area contributed by atoms with Crippen molar-refractivity contribution in [3.8, 4) is 11.1 Å². The maximum atomic E-state index is 5.63.